The molecule has 0 radical (unpaired) electrons. The first-order valence-corrected chi connectivity index (χ1v) is 8.42. The molecule has 1 heterocycles. The van der Waals surface area contributed by atoms with Crippen molar-refractivity contribution in [2.45, 2.75) is 27.2 Å². The highest BCUT2D eigenvalue weighted by molar-refractivity contribution is 9.10. The molecule has 2 aromatic rings. The average Bonchev–Trinajstić information content (AvgIpc) is 2.53. The third-order valence-corrected chi connectivity index (χ3v) is 4.14. The van der Waals surface area contributed by atoms with Crippen LogP contribution in [0.5, 0.6) is 5.75 Å². The monoisotopic (exact) mass is 376 g/mol. The van der Waals surface area contributed by atoms with Crippen molar-refractivity contribution in [1.82, 2.24) is 4.98 Å². The Morgan fingerprint density at radius 2 is 2.00 bits per heavy atom. The first-order chi connectivity index (χ1) is 11.0. The van der Waals surface area contributed by atoms with Gasteiger partial charge in [-0.3, -0.25) is 9.69 Å². The van der Waals surface area contributed by atoms with Crippen molar-refractivity contribution in [3.8, 4) is 5.75 Å². The summed E-state index contributed by atoms with van der Waals surface area (Å²) >= 11 is 3.35. The van der Waals surface area contributed by atoms with Crippen molar-refractivity contribution < 1.29 is 9.53 Å². The maximum Gasteiger partial charge on any atom is 0.231 e. The maximum absolute atomic E-state index is 12.4. The third kappa shape index (κ3) is 4.79. The van der Waals surface area contributed by atoms with Crippen molar-refractivity contribution in [1.29, 1.82) is 0 Å². The molecule has 0 atom stereocenters. The van der Waals surface area contributed by atoms with Gasteiger partial charge in [0.1, 0.15) is 11.6 Å². The fraction of sp³-hybridized carbons (Fsp3) is 0.333. The number of nitrogens with zero attached hydrogens (tertiary/aromatic N) is 2. The van der Waals surface area contributed by atoms with E-state index in [2.05, 4.69) is 27.8 Å². The summed E-state index contributed by atoms with van der Waals surface area (Å²) in [6.07, 6.45) is 2.01. The summed E-state index contributed by atoms with van der Waals surface area (Å²) in [5.74, 6) is 1.46. The van der Waals surface area contributed by atoms with Crippen LogP contribution in [0.15, 0.2) is 41.0 Å². The lowest BCUT2D eigenvalue weighted by atomic mass is 10.1. The second-order valence-corrected chi connectivity index (χ2v) is 6.23. The Hall–Kier alpha value is -1.88. The minimum Gasteiger partial charge on any atom is -0.493 e. The summed E-state index contributed by atoms with van der Waals surface area (Å²) in [6.45, 7) is 6.98. The van der Waals surface area contributed by atoms with E-state index in [1.165, 1.54) is 11.1 Å². The van der Waals surface area contributed by atoms with Gasteiger partial charge in [-0.05, 0) is 72.1 Å². The molecule has 5 heteroatoms. The molecule has 0 unspecified atom stereocenters. The van der Waals surface area contributed by atoms with Crippen molar-refractivity contribution >= 4 is 27.7 Å². The zero-order chi connectivity index (χ0) is 16.8. The van der Waals surface area contributed by atoms with E-state index >= 15 is 0 Å². The minimum absolute atomic E-state index is 0.00570. The maximum atomic E-state index is 12.4. The van der Waals surface area contributed by atoms with Gasteiger partial charge in [0.2, 0.25) is 5.91 Å². The molecule has 122 valence electrons. The molecule has 0 saturated carbocycles. The predicted molar refractivity (Wildman–Crippen MR) is 96.0 cm³/mol. The fourth-order valence-electron chi connectivity index (χ4n) is 2.19. The third-order valence-electron chi connectivity index (χ3n) is 3.67. The molecule has 0 bridgehead atoms. The number of benzene rings is 1. The number of carbonyl (C=O) groups is 1. The van der Waals surface area contributed by atoms with Crippen LogP contribution in [0.4, 0.5) is 5.82 Å². The Bertz CT molecular complexity index is 671. The Morgan fingerprint density at radius 1 is 1.22 bits per heavy atom. The molecule has 1 aromatic carbocycles. The van der Waals surface area contributed by atoms with Gasteiger partial charge >= 0.3 is 0 Å². The SMILES string of the molecule is CCN(C(=O)CCOc1ccc(C)c(C)c1)c1ccc(Br)cn1. The van der Waals surface area contributed by atoms with Crippen LogP contribution in [0.3, 0.4) is 0 Å². The second-order valence-electron chi connectivity index (χ2n) is 5.32. The topological polar surface area (TPSA) is 42.4 Å². The molecular weight excluding hydrogens is 356 g/mol. The van der Waals surface area contributed by atoms with Gasteiger partial charge in [0.15, 0.2) is 0 Å². The van der Waals surface area contributed by atoms with Crippen molar-refractivity contribution in [3.63, 3.8) is 0 Å². The van der Waals surface area contributed by atoms with E-state index in [1.54, 1.807) is 11.1 Å². The number of pyridine rings is 1. The molecule has 0 fully saturated rings. The first kappa shape index (κ1) is 17.5. The number of amides is 1. The molecule has 2 rings (SSSR count). The number of aromatic nitrogens is 1. The van der Waals surface area contributed by atoms with Gasteiger partial charge in [-0.15, -0.1) is 0 Å². The van der Waals surface area contributed by atoms with Crippen LogP contribution in [-0.2, 0) is 4.79 Å². The van der Waals surface area contributed by atoms with E-state index in [0.717, 1.165) is 10.2 Å². The van der Waals surface area contributed by atoms with Gasteiger partial charge in [0.05, 0.1) is 13.0 Å². The number of anilines is 1. The van der Waals surface area contributed by atoms with Crippen LogP contribution in [-0.4, -0.2) is 24.0 Å². The quantitative estimate of drug-likeness (QED) is 0.755. The molecule has 1 amide bonds. The van der Waals surface area contributed by atoms with Gasteiger partial charge in [-0.1, -0.05) is 6.07 Å². The van der Waals surface area contributed by atoms with Crippen molar-refractivity contribution in [2.24, 2.45) is 0 Å². The molecule has 23 heavy (non-hydrogen) atoms. The van der Waals surface area contributed by atoms with Crippen LogP contribution in [0.2, 0.25) is 0 Å². The van der Waals surface area contributed by atoms with E-state index in [1.807, 2.05) is 44.2 Å². The lowest BCUT2D eigenvalue weighted by Gasteiger charge is -2.20. The fourth-order valence-corrected chi connectivity index (χ4v) is 2.42. The molecule has 0 N–H and O–H groups in total. The summed E-state index contributed by atoms with van der Waals surface area (Å²) < 4.78 is 6.58. The zero-order valence-electron chi connectivity index (χ0n) is 13.7. The molecule has 0 aliphatic rings. The van der Waals surface area contributed by atoms with Crippen LogP contribution < -0.4 is 9.64 Å². The smallest absolute Gasteiger partial charge is 0.231 e. The van der Waals surface area contributed by atoms with E-state index in [9.17, 15) is 4.79 Å². The molecule has 0 spiro atoms. The Kier molecular flexibility index (Phi) is 6.16. The Balaban J connectivity index is 1.92. The number of aryl methyl sites for hydroxylation is 2. The van der Waals surface area contributed by atoms with Gasteiger partial charge in [-0.25, -0.2) is 4.98 Å². The summed E-state index contributed by atoms with van der Waals surface area (Å²) in [7, 11) is 0. The number of hydrogen-bond acceptors (Lipinski definition) is 3. The normalized spacial score (nSPS) is 10.4. The van der Waals surface area contributed by atoms with E-state index < -0.39 is 0 Å². The largest absolute Gasteiger partial charge is 0.493 e. The summed E-state index contributed by atoms with van der Waals surface area (Å²) in [5.41, 5.74) is 2.41. The van der Waals surface area contributed by atoms with Gasteiger partial charge in [0, 0.05) is 17.2 Å². The van der Waals surface area contributed by atoms with Gasteiger partial charge in [-0.2, -0.15) is 0 Å². The lowest BCUT2D eigenvalue weighted by molar-refractivity contribution is -0.119. The molecule has 1 aromatic heterocycles. The number of rotatable bonds is 6. The molecule has 0 aliphatic heterocycles. The van der Waals surface area contributed by atoms with Gasteiger partial charge < -0.3 is 4.74 Å². The number of carbonyl (C=O) groups excluding carboxylic acids is 1. The minimum atomic E-state index is 0.00570. The van der Waals surface area contributed by atoms with Crippen molar-refractivity contribution in [2.75, 3.05) is 18.1 Å². The van der Waals surface area contributed by atoms with E-state index in [0.29, 0.717) is 25.4 Å². The highest BCUT2D eigenvalue weighted by Gasteiger charge is 2.15. The average molecular weight is 377 g/mol. The van der Waals surface area contributed by atoms with Crippen LogP contribution in [0, 0.1) is 13.8 Å². The molecule has 0 saturated heterocycles. The highest BCUT2D eigenvalue weighted by atomic mass is 79.9. The summed E-state index contributed by atoms with van der Waals surface area (Å²) in [6, 6.07) is 9.66. The van der Waals surface area contributed by atoms with Crippen LogP contribution >= 0.6 is 15.9 Å². The molecule has 0 aliphatic carbocycles. The lowest BCUT2D eigenvalue weighted by Crippen LogP contribution is -2.32. The predicted octanol–water partition coefficient (Wildman–Crippen LogP) is 4.28. The molecular formula is C18H21BrN2O2. The van der Waals surface area contributed by atoms with E-state index in [-0.39, 0.29) is 5.91 Å². The summed E-state index contributed by atoms with van der Waals surface area (Å²) in [5, 5.41) is 0. The number of hydrogen-bond donors (Lipinski definition) is 0. The Morgan fingerprint density at radius 3 is 2.61 bits per heavy atom. The van der Waals surface area contributed by atoms with Crippen molar-refractivity contribution in [3.05, 3.63) is 52.1 Å². The number of ether oxygens (including phenoxy) is 1. The first-order valence-electron chi connectivity index (χ1n) is 7.63. The van der Waals surface area contributed by atoms with Crippen LogP contribution in [0.25, 0.3) is 0 Å². The zero-order valence-corrected chi connectivity index (χ0v) is 15.3. The highest BCUT2D eigenvalue weighted by Crippen LogP contribution is 2.18. The second kappa shape index (κ2) is 8.11. The number of halogens is 1. The standard InChI is InChI=1S/C18H21BrN2O2/c1-4-21(17-8-6-15(19)12-20-17)18(22)9-10-23-16-7-5-13(2)14(3)11-16/h5-8,11-12H,4,9-10H2,1-3H3. The summed E-state index contributed by atoms with van der Waals surface area (Å²) in [4.78, 5) is 18.3. The van der Waals surface area contributed by atoms with E-state index in [4.69, 9.17) is 4.74 Å². The van der Waals surface area contributed by atoms with Crippen LogP contribution in [0.1, 0.15) is 24.5 Å². The van der Waals surface area contributed by atoms with Gasteiger partial charge in [0.25, 0.3) is 0 Å². The molecule has 4 nitrogen and oxygen atoms in total. The Labute approximate surface area is 145 Å².